The monoisotopic (exact) mass is 371 g/mol. The van der Waals surface area contributed by atoms with Gasteiger partial charge in [0.05, 0.1) is 4.90 Å². The second-order valence-electron chi connectivity index (χ2n) is 6.44. The number of aliphatic hydroxyl groups excluding tert-OH is 1. The van der Waals surface area contributed by atoms with Crippen LogP contribution >= 0.6 is 0 Å². The summed E-state index contributed by atoms with van der Waals surface area (Å²) in [6, 6.07) is 12.2. The highest BCUT2D eigenvalue weighted by Crippen LogP contribution is 2.33. The van der Waals surface area contributed by atoms with E-state index in [0.29, 0.717) is 6.42 Å². The van der Waals surface area contributed by atoms with Crippen LogP contribution in [-0.2, 0) is 21.2 Å². The first-order chi connectivity index (χ1) is 12.4. The molecule has 26 heavy (non-hydrogen) atoms. The van der Waals surface area contributed by atoms with Crippen LogP contribution in [-0.4, -0.2) is 25.9 Å². The van der Waals surface area contributed by atoms with Gasteiger partial charge in [0.2, 0.25) is 10.0 Å². The Balaban J connectivity index is 1.78. The molecule has 6 heteroatoms. The second-order valence-corrected chi connectivity index (χ2v) is 8.16. The van der Waals surface area contributed by atoms with E-state index in [4.69, 9.17) is 5.11 Å². The number of rotatable bonds is 6. The normalized spacial score (nSPS) is 16.8. The Morgan fingerprint density at radius 2 is 1.96 bits per heavy atom. The van der Waals surface area contributed by atoms with E-state index in [-0.39, 0.29) is 16.7 Å². The van der Waals surface area contributed by atoms with Gasteiger partial charge in [-0.2, -0.15) is 0 Å². The minimum atomic E-state index is -3.57. The van der Waals surface area contributed by atoms with Gasteiger partial charge in [0.25, 0.3) is 0 Å². The Morgan fingerprint density at radius 1 is 1.23 bits per heavy atom. The van der Waals surface area contributed by atoms with Gasteiger partial charge >= 0.3 is 0 Å². The molecule has 1 aliphatic rings. The highest BCUT2D eigenvalue weighted by molar-refractivity contribution is 7.89. The van der Waals surface area contributed by atoms with Crippen LogP contribution in [0.5, 0.6) is 0 Å². The third kappa shape index (κ3) is 4.09. The summed E-state index contributed by atoms with van der Waals surface area (Å²) < 4.78 is 28.0. The standard InChI is InChI=1S/C20H21NO4S/c1-14-2-8-18(9-3-14)26(24,25)21-20-11-6-16-12-15(5-10-19(16)20)4-7-17(23)13-22/h2-5,7-10,12,20-22H,6,11,13H2,1H3/b7-4+. The predicted molar refractivity (Wildman–Crippen MR) is 100 cm³/mol. The maximum absolute atomic E-state index is 12.6. The Hall–Kier alpha value is -2.28. The molecule has 1 aliphatic carbocycles. The van der Waals surface area contributed by atoms with Crippen LogP contribution in [0.1, 0.15) is 34.7 Å². The third-order valence-corrected chi connectivity index (χ3v) is 5.98. The van der Waals surface area contributed by atoms with E-state index in [1.165, 1.54) is 6.08 Å². The van der Waals surface area contributed by atoms with Crippen molar-refractivity contribution < 1.29 is 18.3 Å². The molecule has 2 aromatic carbocycles. The molecule has 0 spiro atoms. The van der Waals surface area contributed by atoms with Crippen LogP contribution in [0.4, 0.5) is 0 Å². The number of nitrogens with one attached hydrogen (secondary N) is 1. The molecule has 0 radical (unpaired) electrons. The predicted octanol–water partition coefficient (Wildman–Crippen LogP) is 2.54. The molecule has 136 valence electrons. The number of fused-ring (bicyclic) bond motifs is 1. The summed E-state index contributed by atoms with van der Waals surface area (Å²) in [5, 5.41) is 8.75. The van der Waals surface area contributed by atoms with Crippen molar-refractivity contribution >= 4 is 21.9 Å². The zero-order chi connectivity index (χ0) is 18.7. The van der Waals surface area contributed by atoms with Gasteiger partial charge in [-0.05, 0) is 54.7 Å². The summed E-state index contributed by atoms with van der Waals surface area (Å²) in [7, 11) is -3.57. The fourth-order valence-electron chi connectivity index (χ4n) is 3.08. The molecule has 2 aromatic rings. The van der Waals surface area contributed by atoms with Crippen molar-refractivity contribution in [3.8, 4) is 0 Å². The lowest BCUT2D eigenvalue weighted by Gasteiger charge is -2.15. The van der Waals surface area contributed by atoms with Crippen LogP contribution in [0, 0.1) is 6.92 Å². The smallest absolute Gasteiger partial charge is 0.241 e. The number of aliphatic hydroxyl groups is 1. The van der Waals surface area contributed by atoms with E-state index in [0.717, 1.165) is 28.7 Å². The molecule has 5 nitrogen and oxygen atoms in total. The summed E-state index contributed by atoms with van der Waals surface area (Å²) in [4.78, 5) is 11.4. The molecule has 1 unspecified atom stereocenters. The van der Waals surface area contributed by atoms with E-state index in [2.05, 4.69) is 4.72 Å². The van der Waals surface area contributed by atoms with E-state index in [9.17, 15) is 13.2 Å². The van der Waals surface area contributed by atoms with Crippen LogP contribution in [0.25, 0.3) is 6.08 Å². The largest absolute Gasteiger partial charge is 0.388 e. The number of carbonyl (C=O) groups is 1. The molecule has 0 heterocycles. The van der Waals surface area contributed by atoms with Gasteiger partial charge in [0.1, 0.15) is 6.61 Å². The Morgan fingerprint density at radius 3 is 2.65 bits per heavy atom. The van der Waals surface area contributed by atoms with Crippen molar-refractivity contribution in [2.24, 2.45) is 0 Å². The number of aryl methyl sites for hydroxylation is 2. The first-order valence-corrected chi connectivity index (χ1v) is 9.91. The van der Waals surface area contributed by atoms with Crippen molar-refractivity contribution in [1.82, 2.24) is 4.72 Å². The second kappa shape index (κ2) is 7.53. The van der Waals surface area contributed by atoms with Gasteiger partial charge in [0, 0.05) is 6.04 Å². The molecular formula is C20H21NO4S. The van der Waals surface area contributed by atoms with Gasteiger partial charge in [-0.25, -0.2) is 13.1 Å². The van der Waals surface area contributed by atoms with Crippen molar-refractivity contribution in [1.29, 1.82) is 0 Å². The first-order valence-electron chi connectivity index (χ1n) is 8.42. The topological polar surface area (TPSA) is 83.5 Å². The van der Waals surface area contributed by atoms with Gasteiger partial charge < -0.3 is 5.11 Å². The van der Waals surface area contributed by atoms with Gasteiger partial charge in [0.15, 0.2) is 5.78 Å². The lowest BCUT2D eigenvalue weighted by molar-refractivity contribution is -0.117. The van der Waals surface area contributed by atoms with E-state index in [1.807, 2.05) is 25.1 Å². The molecule has 0 bridgehead atoms. The molecule has 0 aliphatic heterocycles. The van der Waals surface area contributed by atoms with Crippen molar-refractivity contribution in [2.45, 2.75) is 30.7 Å². The summed E-state index contributed by atoms with van der Waals surface area (Å²) in [5.74, 6) is -0.353. The average Bonchev–Trinajstić information content (AvgIpc) is 3.01. The summed E-state index contributed by atoms with van der Waals surface area (Å²) >= 11 is 0. The Labute approximate surface area is 153 Å². The van der Waals surface area contributed by atoms with Crippen LogP contribution in [0.15, 0.2) is 53.4 Å². The van der Waals surface area contributed by atoms with E-state index < -0.39 is 16.6 Å². The number of carbonyl (C=O) groups excluding carboxylic acids is 1. The van der Waals surface area contributed by atoms with Crippen LogP contribution in [0.2, 0.25) is 0 Å². The number of benzene rings is 2. The van der Waals surface area contributed by atoms with Crippen molar-refractivity contribution in [3.63, 3.8) is 0 Å². The van der Waals surface area contributed by atoms with Gasteiger partial charge in [-0.3, -0.25) is 4.79 Å². The number of hydrogen-bond acceptors (Lipinski definition) is 4. The van der Waals surface area contributed by atoms with Crippen molar-refractivity contribution in [3.05, 3.63) is 70.8 Å². The molecule has 0 aromatic heterocycles. The molecular weight excluding hydrogens is 350 g/mol. The number of ketones is 1. The van der Waals surface area contributed by atoms with Crippen LogP contribution in [0.3, 0.4) is 0 Å². The lowest BCUT2D eigenvalue weighted by Crippen LogP contribution is -2.27. The Kier molecular flexibility index (Phi) is 5.36. The Bertz CT molecular complexity index is 946. The quantitative estimate of drug-likeness (QED) is 0.765. The third-order valence-electron chi connectivity index (χ3n) is 4.49. The molecule has 3 rings (SSSR count). The number of sulfonamides is 1. The average molecular weight is 371 g/mol. The zero-order valence-corrected chi connectivity index (χ0v) is 15.3. The van der Waals surface area contributed by atoms with Gasteiger partial charge in [-0.1, -0.05) is 42.0 Å². The highest BCUT2D eigenvalue weighted by Gasteiger charge is 2.27. The maximum atomic E-state index is 12.6. The lowest BCUT2D eigenvalue weighted by atomic mass is 10.0. The zero-order valence-electron chi connectivity index (χ0n) is 14.5. The minimum absolute atomic E-state index is 0.256. The molecule has 0 saturated carbocycles. The molecule has 1 atom stereocenters. The molecule has 2 N–H and O–H groups in total. The fraction of sp³-hybridized carbons (Fsp3) is 0.250. The SMILES string of the molecule is Cc1ccc(S(=O)(=O)NC2CCc3cc(/C=C/C(=O)CO)ccc32)cc1. The minimum Gasteiger partial charge on any atom is -0.388 e. The fourth-order valence-corrected chi connectivity index (χ4v) is 4.33. The van der Waals surface area contributed by atoms with Crippen LogP contribution < -0.4 is 4.72 Å². The van der Waals surface area contributed by atoms with E-state index in [1.54, 1.807) is 30.3 Å². The summed E-state index contributed by atoms with van der Waals surface area (Å²) in [5.41, 5.74) is 3.90. The number of hydrogen-bond donors (Lipinski definition) is 2. The highest BCUT2D eigenvalue weighted by atomic mass is 32.2. The molecule has 0 fully saturated rings. The maximum Gasteiger partial charge on any atom is 0.241 e. The van der Waals surface area contributed by atoms with Crippen molar-refractivity contribution in [2.75, 3.05) is 6.61 Å². The first kappa shape index (κ1) is 18.5. The van der Waals surface area contributed by atoms with E-state index >= 15 is 0 Å². The van der Waals surface area contributed by atoms with Gasteiger partial charge in [-0.15, -0.1) is 0 Å². The molecule has 0 amide bonds. The molecule has 0 saturated heterocycles. The summed E-state index contributed by atoms with van der Waals surface area (Å²) in [6.07, 6.45) is 4.46. The summed E-state index contributed by atoms with van der Waals surface area (Å²) in [6.45, 7) is 1.40.